The van der Waals surface area contributed by atoms with E-state index in [1.807, 2.05) is 43.4 Å². The van der Waals surface area contributed by atoms with E-state index < -0.39 is 0 Å². The van der Waals surface area contributed by atoms with Crippen LogP contribution in [0.15, 0.2) is 42.6 Å². The number of ether oxygens (including phenoxy) is 2. The van der Waals surface area contributed by atoms with Gasteiger partial charge in [0.05, 0.1) is 25.9 Å². The number of hydrogen-bond donors (Lipinski definition) is 1. The molecule has 0 aliphatic heterocycles. The average Bonchev–Trinajstić information content (AvgIpc) is 2.56. The lowest BCUT2D eigenvalue weighted by Crippen LogP contribution is -2.30. The second kappa shape index (κ2) is 6.95. The highest BCUT2D eigenvalue weighted by atomic mass is 16.5. The highest BCUT2D eigenvalue weighted by Gasteiger charge is 2.19. The molecule has 0 saturated carbocycles. The first-order valence-corrected chi connectivity index (χ1v) is 6.77. The Morgan fingerprint density at radius 1 is 1.14 bits per heavy atom. The molecule has 2 rings (SSSR count). The Hall–Kier alpha value is -2.27. The van der Waals surface area contributed by atoms with Gasteiger partial charge < -0.3 is 20.1 Å². The third kappa shape index (κ3) is 3.25. The number of likely N-dealkylation sites (N-methyl/N-ethyl adjacent to an activating group) is 1. The van der Waals surface area contributed by atoms with Gasteiger partial charge >= 0.3 is 0 Å². The Kier molecular flexibility index (Phi) is 5.00. The van der Waals surface area contributed by atoms with Crippen molar-refractivity contribution in [2.75, 3.05) is 32.7 Å². The van der Waals surface area contributed by atoms with Gasteiger partial charge in [0.15, 0.2) is 0 Å². The standard InChI is InChI=1S/C16H21N3O2/c1-19(13-6-4-5-7-15(13)20-2)14(10-17)12-8-9-16(21-3)18-11-12/h4-9,11,14H,10,17H2,1-3H3. The van der Waals surface area contributed by atoms with Gasteiger partial charge in [0.1, 0.15) is 5.75 Å². The molecule has 0 saturated heterocycles. The van der Waals surface area contributed by atoms with Crippen molar-refractivity contribution in [1.82, 2.24) is 4.98 Å². The molecule has 0 aliphatic carbocycles. The quantitative estimate of drug-likeness (QED) is 0.883. The molecule has 1 atom stereocenters. The van der Waals surface area contributed by atoms with Crippen LogP contribution in [0.1, 0.15) is 11.6 Å². The van der Waals surface area contributed by atoms with Crippen LogP contribution in [-0.2, 0) is 0 Å². The highest BCUT2D eigenvalue weighted by molar-refractivity contribution is 5.59. The minimum Gasteiger partial charge on any atom is -0.495 e. The molecule has 1 unspecified atom stereocenters. The molecule has 0 radical (unpaired) electrons. The number of hydrogen-bond acceptors (Lipinski definition) is 5. The van der Waals surface area contributed by atoms with Gasteiger partial charge in [0.25, 0.3) is 0 Å². The molecule has 21 heavy (non-hydrogen) atoms. The Balaban J connectivity index is 2.31. The van der Waals surface area contributed by atoms with E-state index >= 15 is 0 Å². The fourth-order valence-electron chi connectivity index (χ4n) is 2.32. The van der Waals surface area contributed by atoms with Gasteiger partial charge in [0, 0.05) is 25.9 Å². The predicted molar refractivity (Wildman–Crippen MR) is 84.0 cm³/mol. The van der Waals surface area contributed by atoms with Crippen molar-refractivity contribution >= 4 is 5.69 Å². The second-order valence-electron chi connectivity index (χ2n) is 4.67. The first kappa shape index (κ1) is 15.1. The summed E-state index contributed by atoms with van der Waals surface area (Å²) in [7, 11) is 5.27. The largest absolute Gasteiger partial charge is 0.495 e. The first-order valence-electron chi connectivity index (χ1n) is 6.77. The van der Waals surface area contributed by atoms with Crippen molar-refractivity contribution in [2.24, 2.45) is 5.73 Å². The molecular formula is C16H21N3O2. The maximum atomic E-state index is 5.96. The summed E-state index contributed by atoms with van der Waals surface area (Å²) in [6, 6.07) is 11.7. The molecule has 1 aromatic heterocycles. The molecular weight excluding hydrogens is 266 g/mol. The van der Waals surface area contributed by atoms with E-state index in [9.17, 15) is 0 Å². The molecule has 0 spiro atoms. The monoisotopic (exact) mass is 287 g/mol. The van der Waals surface area contributed by atoms with E-state index in [2.05, 4.69) is 9.88 Å². The summed E-state index contributed by atoms with van der Waals surface area (Å²) in [6.45, 7) is 0.475. The number of anilines is 1. The topological polar surface area (TPSA) is 60.6 Å². The highest BCUT2D eigenvalue weighted by Crippen LogP contribution is 2.32. The van der Waals surface area contributed by atoms with E-state index in [0.717, 1.165) is 17.0 Å². The van der Waals surface area contributed by atoms with Crippen LogP contribution in [0, 0.1) is 0 Å². The van der Waals surface area contributed by atoms with E-state index in [-0.39, 0.29) is 6.04 Å². The smallest absolute Gasteiger partial charge is 0.212 e. The summed E-state index contributed by atoms with van der Waals surface area (Å²) >= 11 is 0. The molecule has 2 aromatic rings. The summed E-state index contributed by atoms with van der Waals surface area (Å²) in [4.78, 5) is 6.35. The van der Waals surface area contributed by atoms with E-state index in [1.165, 1.54) is 0 Å². The minimum atomic E-state index is 0.0136. The molecule has 0 bridgehead atoms. The van der Waals surface area contributed by atoms with Crippen molar-refractivity contribution in [3.63, 3.8) is 0 Å². The van der Waals surface area contributed by atoms with Crippen LogP contribution in [0.25, 0.3) is 0 Å². The van der Waals surface area contributed by atoms with E-state index in [1.54, 1.807) is 20.4 Å². The number of aromatic nitrogens is 1. The zero-order chi connectivity index (χ0) is 15.2. The molecule has 1 heterocycles. The lowest BCUT2D eigenvalue weighted by atomic mass is 10.1. The SMILES string of the molecule is COc1ccc(C(CN)N(C)c2ccccc2OC)cn1. The minimum absolute atomic E-state index is 0.0136. The Morgan fingerprint density at radius 3 is 2.48 bits per heavy atom. The summed E-state index contributed by atoms with van der Waals surface area (Å²) in [5, 5.41) is 0. The fourth-order valence-corrected chi connectivity index (χ4v) is 2.32. The maximum Gasteiger partial charge on any atom is 0.212 e. The molecule has 1 aromatic carbocycles. The maximum absolute atomic E-state index is 5.96. The predicted octanol–water partition coefficient (Wildman–Crippen LogP) is 2.24. The zero-order valence-corrected chi connectivity index (χ0v) is 12.6. The van der Waals surface area contributed by atoms with Crippen LogP contribution in [0.5, 0.6) is 11.6 Å². The summed E-state index contributed by atoms with van der Waals surface area (Å²) < 4.78 is 10.5. The number of benzene rings is 1. The number of pyridine rings is 1. The molecule has 112 valence electrons. The molecule has 5 heteroatoms. The Morgan fingerprint density at radius 2 is 1.90 bits per heavy atom. The fraction of sp³-hybridized carbons (Fsp3) is 0.312. The number of para-hydroxylation sites is 2. The normalized spacial score (nSPS) is 11.8. The van der Waals surface area contributed by atoms with Gasteiger partial charge in [0.2, 0.25) is 5.88 Å². The van der Waals surface area contributed by atoms with Crippen LogP contribution in [0.3, 0.4) is 0 Å². The third-order valence-corrected chi connectivity index (χ3v) is 3.51. The molecule has 2 N–H and O–H groups in total. The Bertz CT molecular complexity index is 572. The first-order chi connectivity index (χ1) is 10.2. The van der Waals surface area contributed by atoms with Gasteiger partial charge in [-0.25, -0.2) is 4.98 Å². The zero-order valence-electron chi connectivity index (χ0n) is 12.6. The molecule has 5 nitrogen and oxygen atoms in total. The van der Waals surface area contributed by atoms with Gasteiger partial charge in [-0.2, -0.15) is 0 Å². The van der Waals surface area contributed by atoms with Crippen molar-refractivity contribution in [3.05, 3.63) is 48.2 Å². The average molecular weight is 287 g/mol. The van der Waals surface area contributed by atoms with Crippen LogP contribution < -0.4 is 20.1 Å². The summed E-state index contributed by atoms with van der Waals surface area (Å²) in [6.07, 6.45) is 1.79. The van der Waals surface area contributed by atoms with E-state index in [4.69, 9.17) is 15.2 Å². The van der Waals surface area contributed by atoms with Crippen LogP contribution in [0.2, 0.25) is 0 Å². The van der Waals surface area contributed by atoms with Gasteiger partial charge in [-0.05, 0) is 17.7 Å². The number of nitrogens with zero attached hydrogens (tertiary/aromatic N) is 2. The van der Waals surface area contributed by atoms with Gasteiger partial charge in [-0.3, -0.25) is 0 Å². The lowest BCUT2D eigenvalue weighted by Gasteiger charge is -2.30. The third-order valence-electron chi connectivity index (χ3n) is 3.51. The van der Waals surface area contributed by atoms with Crippen LogP contribution in [-0.4, -0.2) is 32.8 Å². The summed E-state index contributed by atoms with van der Waals surface area (Å²) in [5.74, 6) is 1.41. The molecule has 0 amide bonds. The molecule has 0 fully saturated rings. The lowest BCUT2D eigenvalue weighted by molar-refractivity contribution is 0.397. The number of nitrogens with two attached hydrogens (primary N) is 1. The van der Waals surface area contributed by atoms with Crippen molar-refractivity contribution in [2.45, 2.75) is 6.04 Å². The number of methoxy groups -OCH3 is 2. The van der Waals surface area contributed by atoms with Crippen LogP contribution in [0.4, 0.5) is 5.69 Å². The van der Waals surface area contributed by atoms with Gasteiger partial charge in [-0.1, -0.05) is 18.2 Å². The number of rotatable bonds is 6. The van der Waals surface area contributed by atoms with E-state index in [0.29, 0.717) is 12.4 Å². The van der Waals surface area contributed by atoms with Crippen LogP contribution >= 0.6 is 0 Å². The second-order valence-corrected chi connectivity index (χ2v) is 4.67. The Labute approximate surface area is 125 Å². The molecule has 0 aliphatic rings. The van der Waals surface area contributed by atoms with Crippen molar-refractivity contribution < 1.29 is 9.47 Å². The van der Waals surface area contributed by atoms with Crippen molar-refractivity contribution in [3.8, 4) is 11.6 Å². The van der Waals surface area contributed by atoms with Gasteiger partial charge in [-0.15, -0.1) is 0 Å². The van der Waals surface area contributed by atoms with Crippen molar-refractivity contribution in [1.29, 1.82) is 0 Å². The summed E-state index contributed by atoms with van der Waals surface area (Å²) in [5.41, 5.74) is 7.99.